The summed E-state index contributed by atoms with van der Waals surface area (Å²) in [5, 5.41) is 7.87. The molecule has 5 nitrogen and oxygen atoms in total. The lowest BCUT2D eigenvalue weighted by molar-refractivity contribution is 0.414. The number of rotatable bonds is 9. The summed E-state index contributed by atoms with van der Waals surface area (Å²) >= 11 is 1.75. The Balaban J connectivity index is 1.79. The van der Waals surface area contributed by atoms with Crippen molar-refractivity contribution in [3.63, 3.8) is 0 Å². The summed E-state index contributed by atoms with van der Waals surface area (Å²) in [6, 6.07) is 8.29. The smallest absolute Gasteiger partial charge is 0.191 e. The number of aliphatic imine (C=N–C) groups is 1. The van der Waals surface area contributed by atoms with Crippen LogP contribution in [0.2, 0.25) is 0 Å². The number of hydrogen-bond donors (Lipinski definition) is 2. The Morgan fingerprint density at radius 3 is 2.65 bits per heavy atom. The number of hydrogen-bond acceptors (Lipinski definition) is 4. The molecule has 0 amide bonds. The number of benzene rings is 1. The van der Waals surface area contributed by atoms with Gasteiger partial charge in [-0.05, 0) is 43.9 Å². The molecule has 0 bridgehead atoms. The van der Waals surface area contributed by atoms with Gasteiger partial charge in [0.2, 0.25) is 0 Å². The molecule has 2 rings (SSSR count). The fourth-order valence-electron chi connectivity index (χ4n) is 2.62. The van der Waals surface area contributed by atoms with Crippen LogP contribution in [-0.2, 0) is 6.42 Å². The maximum Gasteiger partial charge on any atom is 0.191 e. The van der Waals surface area contributed by atoms with E-state index in [-0.39, 0.29) is 0 Å². The first-order valence-electron chi connectivity index (χ1n) is 9.19. The molecule has 1 heterocycles. The fraction of sp³-hybridized carbons (Fsp3) is 0.500. The quantitative estimate of drug-likeness (QED) is 0.518. The molecule has 0 saturated carbocycles. The highest BCUT2D eigenvalue weighted by Crippen LogP contribution is 2.21. The average Bonchev–Trinajstić information content (AvgIpc) is 3.07. The lowest BCUT2D eigenvalue weighted by Crippen LogP contribution is -2.38. The Hall–Kier alpha value is -2.08. The van der Waals surface area contributed by atoms with Crippen molar-refractivity contribution in [3.05, 3.63) is 45.9 Å². The number of aromatic nitrogens is 1. The molecule has 0 aliphatic rings. The summed E-state index contributed by atoms with van der Waals surface area (Å²) < 4.78 is 5.22. The van der Waals surface area contributed by atoms with Crippen molar-refractivity contribution in [1.29, 1.82) is 0 Å². The van der Waals surface area contributed by atoms with Gasteiger partial charge in [-0.25, -0.2) is 4.98 Å². The maximum absolute atomic E-state index is 5.22. The average molecular weight is 375 g/mol. The molecule has 0 spiro atoms. The Morgan fingerprint density at radius 2 is 2.04 bits per heavy atom. The molecule has 0 fully saturated rings. The predicted molar refractivity (Wildman–Crippen MR) is 111 cm³/mol. The zero-order valence-electron chi connectivity index (χ0n) is 16.2. The van der Waals surface area contributed by atoms with Crippen LogP contribution in [-0.4, -0.2) is 37.7 Å². The van der Waals surface area contributed by atoms with Gasteiger partial charge in [0.25, 0.3) is 0 Å². The molecule has 0 aliphatic heterocycles. The normalized spacial score (nSPS) is 12.7. The van der Waals surface area contributed by atoms with Gasteiger partial charge >= 0.3 is 0 Å². The molecule has 6 heteroatoms. The van der Waals surface area contributed by atoms with Crippen molar-refractivity contribution < 1.29 is 4.74 Å². The highest BCUT2D eigenvalue weighted by molar-refractivity contribution is 7.11. The van der Waals surface area contributed by atoms with E-state index in [0.29, 0.717) is 5.92 Å². The molecular formula is C20H30N4OS. The van der Waals surface area contributed by atoms with Gasteiger partial charge in [0.05, 0.1) is 12.1 Å². The largest absolute Gasteiger partial charge is 0.497 e. The van der Waals surface area contributed by atoms with E-state index in [2.05, 4.69) is 48.5 Å². The SMILES string of the molecule is CCNC(=NCCC(C)c1ccc(OC)cc1)NCCc1ncc(C)s1. The Kier molecular flexibility index (Phi) is 8.41. The van der Waals surface area contributed by atoms with Gasteiger partial charge < -0.3 is 15.4 Å². The highest BCUT2D eigenvalue weighted by Gasteiger charge is 2.06. The van der Waals surface area contributed by atoms with Crippen molar-refractivity contribution in [1.82, 2.24) is 15.6 Å². The molecule has 2 N–H and O–H groups in total. The minimum absolute atomic E-state index is 0.464. The molecule has 1 unspecified atom stereocenters. The van der Waals surface area contributed by atoms with E-state index in [1.807, 2.05) is 18.3 Å². The van der Waals surface area contributed by atoms with Crippen LogP contribution in [0.5, 0.6) is 5.75 Å². The third-order valence-corrected chi connectivity index (χ3v) is 5.13. The number of methoxy groups -OCH3 is 1. The molecule has 1 atom stereocenters. The van der Waals surface area contributed by atoms with Gasteiger partial charge in [-0.3, -0.25) is 4.99 Å². The Labute approximate surface area is 160 Å². The first kappa shape index (κ1) is 20.2. The highest BCUT2D eigenvalue weighted by atomic mass is 32.1. The number of nitrogens with zero attached hydrogens (tertiary/aromatic N) is 2. The molecule has 142 valence electrons. The summed E-state index contributed by atoms with van der Waals surface area (Å²) in [7, 11) is 1.69. The second-order valence-electron chi connectivity index (χ2n) is 6.26. The number of nitrogens with one attached hydrogen (secondary N) is 2. The maximum atomic E-state index is 5.22. The first-order chi connectivity index (χ1) is 12.6. The fourth-order valence-corrected chi connectivity index (χ4v) is 3.40. The molecule has 1 aromatic carbocycles. The molecule has 0 saturated heterocycles. The van der Waals surface area contributed by atoms with Crippen LogP contribution in [0.25, 0.3) is 0 Å². The van der Waals surface area contributed by atoms with E-state index in [0.717, 1.165) is 44.2 Å². The number of aryl methyl sites for hydroxylation is 1. The van der Waals surface area contributed by atoms with Crippen molar-refractivity contribution in [2.75, 3.05) is 26.7 Å². The van der Waals surface area contributed by atoms with Crippen molar-refractivity contribution in [2.24, 2.45) is 4.99 Å². The monoisotopic (exact) mass is 374 g/mol. The summed E-state index contributed by atoms with van der Waals surface area (Å²) in [4.78, 5) is 10.4. The molecule has 26 heavy (non-hydrogen) atoms. The van der Waals surface area contributed by atoms with E-state index >= 15 is 0 Å². The number of guanidine groups is 1. The molecule has 1 aromatic heterocycles. The first-order valence-corrected chi connectivity index (χ1v) is 10.0. The van der Waals surface area contributed by atoms with Crippen molar-refractivity contribution in [2.45, 2.75) is 39.5 Å². The lowest BCUT2D eigenvalue weighted by Gasteiger charge is -2.13. The van der Waals surface area contributed by atoms with E-state index in [9.17, 15) is 0 Å². The van der Waals surface area contributed by atoms with E-state index < -0.39 is 0 Å². The molecule has 0 radical (unpaired) electrons. The minimum atomic E-state index is 0.464. The van der Waals surface area contributed by atoms with Gasteiger partial charge in [-0.15, -0.1) is 11.3 Å². The number of ether oxygens (including phenoxy) is 1. The summed E-state index contributed by atoms with van der Waals surface area (Å²) in [5.41, 5.74) is 1.32. The lowest BCUT2D eigenvalue weighted by atomic mass is 9.98. The second-order valence-corrected chi connectivity index (χ2v) is 7.58. The van der Waals surface area contributed by atoms with Crippen molar-refractivity contribution >= 4 is 17.3 Å². The van der Waals surface area contributed by atoms with Gasteiger partial charge in [0.15, 0.2) is 5.96 Å². The van der Waals surface area contributed by atoms with Gasteiger partial charge in [-0.2, -0.15) is 0 Å². The zero-order valence-corrected chi connectivity index (χ0v) is 17.0. The minimum Gasteiger partial charge on any atom is -0.497 e. The van der Waals surface area contributed by atoms with Crippen LogP contribution in [0.15, 0.2) is 35.5 Å². The Bertz CT molecular complexity index is 681. The van der Waals surface area contributed by atoms with Gasteiger partial charge in [-0.1, -0.05) is 19.1 Å². The number of thiazole rings is 1. The van der Waals surface area contributed by atoms with Crippen LogP contribution in [0, 0.1) is 6.92 Å². The van der Waals surface area contributed by atoms with Gasteiger partial charge in [0, 0.05) is 37.1 Å². The van der Waals surface area contributed by atoms with Crippen LogP contribution < -0.4 is 15.4 Å². The molecular weight excluding hydrogens is 344 g/mol. The van der Waals surface area contributed by atoms with Crippen LogP contribution >= 0.6 is 11.3 Å². The topological polar surface area (TPSA) is 58.5 Å². The molecule has 0 aliphatic carbocycles. The van der Waals surface area contributed by atoms with E-state index in [4.69, 9.17) is 9.73 Å². The van der Waals surface area contributed by atoms with Crippen LogP contribution in [0.1, 0.15) is 41.6 Å². The third-order valence-electron chi connectivity index (χ3n) is 4.16. The third kappa shape index (κ3) is 6.67. The van der Waals surface area contributed by atoms with E-state index in [1.54, 1.807) is 18.4 Å². The van der Waals surface area contributed by atoms with Gasteiger partial charge in [0.1, 0.15) is 5.75 Å². The second kappa shape index (κ2) is 10.8. The van der Waals surface area contributed by atoms with E-state index in [1.165, 1.54) is 15.4 Å². The molecule has 2 aromatic rings. The van der Waals surface area contributed by atoms with Crippen LogP contribution in [0.4, 0.5) is 0 Å². The summed E-state index contributed by atoms with van der Waals surface area (Å²) in [6.07, 6.45) is 3.86. The predicted octanol–water partition coefficient (Wildman–Crippen LogP) is 3.75. The summed E-state index contributed by atoms with van der Waals surface area (Å²) in [5.74, 6) is 2.24. The standard InChI is InChI=1S/C20H30N4OS/c1-5-21-20(23-13-11-19-24-14-16(3)26-19)22-12-10-15(2)17-6-8-18(25-4)9-7-17/h6-9,14-15H,5,10-13H2,1-4H3,(H2,21,22,23). The van der Waals surface area contributed by atoms with Crippen LogP contribution in [0.3, 0.4) is 0 Å². The Morgan fingerprint density at radius 1 is 1.27 bits per heavy atom. The van der Waals surface area contributed by atoms with Crippen molar-refractivity contribution in [3.8, 4) is 5.75 Å². The summed E-state index contributed by atoms with van der Waals surface area (Å²) in [6.45, 7) is 8.90. The zero-order chi connectivity index (χ0) is 18.8.